The van der Waals surface area contributed by atoms with Crippen molar-refractivity contribution in [1.82, 2.24) is 0 Å². The minimum atomic E-state index is -1.19. The summed E-state index contributed by atoms with van der Waals surface area (Å²) in [6, 6.07) is 0. The van der Waals surface area contributed by atoms with E-state index in [-0.39, 0.29) is 5.57 Å². The Balaban J connectivity index is 4.73. The number of ether oxygens (including phenoxy) is 1. The molecule has 0 aliphatic heterocycles. The van der Waals surface area contributed by atoms with E-state index < -0.39 is 17.4 Å². The third-order valence-corrected chi connectivity index (χ3v) is 1.71. The average Bonchev–Trinajstić information content (AvgIpc) is 2.01. The lowest BCUT2D eigenvalue weighted by Gasteiger charge is -2.20. The van der Waals surface area contributed by atoms with Crippen LogP contribution in [0, 0.1) is 5.41 Å². The molecule has 0 aliphatic carbocycles. The fraction of sp³-hybridized carbons (Fsp3) is 0.500. The zero-order chi connectivity index (χ0) is 9.94. The van der Waals surface area contributed by atoms with Gasteiger partial charge >= 0.3 is 11.9 Å². The smallest absolute Gasteiger partial charge is 0.332 e. The number of carbonyl (C=O) groups is 2. The molecular formula is C8H12O4. The van der Waals surface area contributed by atoms with Gasteiger partial charge in [0.1, 0.15) is 0 Å². The Kier molecular flexibility index (Phi) is 3.01. The van der Waals surface area contributed by atoms with Crippen molar-refractivity contribution in [2.75, 3.05) is 7.11 Å². The molecule has 0 aliphatic rings. The molecule has 4 nitrogen and oxygen atoms in total. The topological polar surface area (TPSA) is 63.6 Å². The Morgan fingerprint density at radius 3 is 2.08 bits per heavy atom. The molecule has 12 heavy (non-hydrogen) atoms. The van der Waals surface area contributed by atoms with Crippen molar-refractivity contribution in [2.45, 2.75) is 13.8 Å². The molecule has 0 aromatic rings. The van der Waals surface area contributed by atoms with E-state index in [9.17, 15) is 9.59 Å². The predicted molar refractivity (Wildman–Crippen MR) is 42.6 cm³/mol. The van der Waals surface area contributed by atoms with Gasteiger partial charge in [0.15, 0.2) is 0 Å². The van der Waals surface area contributed by atoms with Crippen molar-refractivity contribution in [3.63, 3.8) is 0 Å². The second kappa shape index (κ2) is 3.38. The molecule has 0 saturated carbocycles. The van der Waals surface area contributed by atoms with Crippen LogP contribution in [0.2, 0.25) is 0 Å². The SMILES string of the molecule is C=C(C(=O)O)C(C)(C)C(=O)OC. The average molecular weight is 172 g/mol. The number of carboxylic acid groups (broad SMARTS) is 1. The maximum Gasteiger partial charge on any atom is 0.332 e. The van der Waals surface area contributed by atoms with Gasteiger partial charge in [-0.25, -0.2) is 4.79 Å². The Morgan fingerprint density at radius 2 is 1.83 bits per heavy atom. The van der Waals surface area contributed by atoms with Crippen molar-refractivity contribution in [3.05, 3.63) is 12.2 Å². The molecule has 0 unspecified atom stereocenters. The first-order valence-corrected chi connectivity index (χ1v) is 3.35. The number of aliphatic carboxylic acids is 1. The molecule has 1 N–H and O–H groups in total. The minimum Gasteiger partial charge on any atom is -0.478 e. The van der Waals surface area contributed by atoms with E-state index in [1.807, 2.05) is 0 Å². The van der Waals surface area contributed by atoms with E-state index in [0.29, 0.717) is 0 Å². The first-order chi connectivity index (χ1) is 5.34. The summed E-state index contributed by atoms with van der Waals surface area (Å²) in [5, 5.41) is 8.55. The van der Waals surface area contributed by atoms with Crippen molar-refractivity contribution in [2.24, 2.45) is 5.41 Å². The van der Waals surface area contributed by atoms with Crippen LogP contribution in [0.3, 0.4) is 0 Å². The van der Waals surface area contributed by atoms with Crippen LogP contribution in [0.4, 0.5) is 0 Å². The first kappa shape index (κ1) is 10.7. The second-order valence-corrected chi connectivity index (χ2v) is 2.90. The zero-order valence-corrected chi connectivity index (χ0v) is 7.38. The predicted octanol–water partition coefficient (Wildman–Crippen LogP) is 0.826. The fourth-order valence-corrected chi connectivity index (χ4v) is 0.646. The van der Waals surface area contributed by atoms with Crippen LogP contribution < -0.4 is 0 Å². The van der Waals surface area contributed by atoms with Crippen molar-refractivity contribution < 1.29 is 19.4 Å². The summed E-state index contributed by atoms with van der Waals surface area (Å²) < 4.78 is 4.42. The monoisotopic (exact) mass is 172 g/mol. The minimum absolute atomic E-state index is 0.172. The number of hydrogen-bond donors (Lipinski definition) is 1. The third-order valence-electron chi connectivity index (χ3n) is 1.71. The van der Waals surface area contributed by atoms with Crippen LogP contribution >= 0.6 is 0 Å². The van der Waals surface area contributed by atoms with Crippen LogP contribution in [-0.4, -0.2) is 24.2 Å². The largest absolute Gasteiger partial charge is 0.478 e. The highest BCUT2D eigenvalue weighted by molar-refractivity contribution is 5.95. The summed E-state index contributed by atoms with van der Waals surface area (Å²) in [5.41, 5.74) is -1.34. The van der Waals surface area contributed by atoms with Crippen LogP contribution in [0.1, 0.15) is 13.8 Å². The van der Waals surface area contributed by atoms with E-state index in [4.69, 9.17) is 5.11 Å². The molecule has 4 heteroatoms. The van der Waals surface area contributed by atoms with E-state index in [1.54, 1.807) is 0 Å². The number of hydrogen-bond acceptors (Lipinski definition) is 3. The van der Waals surface area contributed by atoms with Gasteiger partial charge in [0.05, 0.1) is 12.5 Å². The highest BCUT2D eigenvalue weighted by Crippen LogP contribution is 2.26. The maximum absolute atomic E-state index is 11.0. The fourth-order valence-electron chi connectivity index (χ4n) is 0.646. The molecule has 0 spiro atoms. The second-order valence-electron chi connectivity index (χ2n) is 2.90. The summed E-state index contributed by atoms with van der Waals surface area (Å²) in [5.74, 6) is -1.79. The molecular weight excluding hydrogens is 160 g/mol. The molecule has 0 fully saturated rings. The number of rotatable bonds is 3. The van der Waals surface area contributed by atoms with Crippen molar-refractivity contribution >= 4 is 11.9 Å². The van der Waals surface area contributed by atoms with Gasteiger partial charge in [-0.1, -0.05) is 6.58 Å². The van der Waals surface area contributed by atoms with Gasteiger partial charge in [-0.05, 0) is 13.8 Å². The van der Waals surface area contributed by atoms with Crippen LogP contribution in [-0.2, 0) is 14.3 Å². The quantitative estimate of drug-likeness (QED) is 0.505. The molecule has 0 rings (SSSR count). The molecule has 0 heterocycles. The molecule has 0 aromatic heterocycles. The van der Waals surface area contributed by atoms with Crippen LogP contribution in [0.5, 0.6) is 0 Å². The molecule has 0 saturated heterocycles. The maximum atomic E-state index is 11.0. The Morgan fingerprint density at radius 1 is 1.42 bits per heavy atom. The molecule has 0 atom stereocenters. The van der Waals surface area contributed by atoms with E-state index in [1.165, 1.54) is 21.0 Å². The standard InChI is InChI=1S/C8H12O4/c1-5(6(9)10)8(2,3)7(11)12-4/h1H2,2-4H3,(H,9,10). The zero-order valence-electron chi connectivity index (χ0n) is 7.38. The summed E-state index contributed by atoms with van der Waals surface area (Å²) in [6.45, 7) is 6.20. The normalized spacial score (nSPS) is 10.6. The summed E-state index contributed by atoms with van der Waals surface area (Å²) >= 11 is 0. The van der Waals surface area contributed by atoms with Crippen LogP contribution in [0.25, 0.3) is 0 Å². The molecule has 0 radical (unpaired) electrons. The lowest BCUT2D eigenvalue weighted by atomic mass is 9.85. The van der Waals surface area contributed by atoms with Crippen molar-refractivity contribution in [1.29, 1.82) is 0 Å². The Labute approximate surface area is 70.8 Å². The summed E-state index contributed by atoms with van der Waals surface area (Å²) in [7, 11) is 1.21. The number of carbonyl (C=O) groups excluding carboxylic acids is 1. The van der Waals surface area contributed by atoms with Gasteiger partial charge in [0, 0.05) is 5.57 Å². The third kappa shape index (κ3) is 1.84. The van der Waals surface area contributed by atoms with E-state index in [2.05, 4.69) is 11.3 Å². The molecule has 68 valence electrons. The highest BCUT2D eigenvalue weighted by atomic mass is 16.5. The lowest BCUT2D eigenvalue weighted by molar-refractivity contribution is -0.151. The highest BCUT2D eigenvalue weighted by Gasteiger charge is 2.35. The van der Waals surface area contributed by atoms with Gasteiger partial charge in [0.2, 0.25) is 0 Å². The molecule has 0 bridgehead atoms. The van der Waals surface area contributed by atoms with Gasteiger partial charge in [-0.2, -0.15) is 0 Å². The molecule has 0 aromatic carbocycles. The van der Waals surface area contributed by atoms with E-state index in [0.717, 1.165) is 0 Å². The van der Waals surface area contributed by atoms with Crippen molar-refractivity contribution in [3.8, 4) is 0 Å². The first-order valence-electron chi connectivity index (χ1n) is 3.35. The van der Waals surface area contributed by atoms with E-state index >= 15 is 0 Å². The summed E-state index contributed by atoms with van der Waals surface area (Å²) in [4.78, 5) is 21.5. The van der Waals surface area contributed by atoms with Crippen LogP contribution in [0.15, 0.2) is 12.2 Å². The Bertz CT molecular complexity index is 227. The number of esters is 1. The molecule has 0 amide bonds. The van der Waals surface area contributed by atoms with Gasteiger partial charge in [-0.15, -0.1) is 0 Å². The summed E-state index contributed by atoms with van der Waals surface area (Å²) in [6.07, 6.45) is 0. The van der Waals surface area contributed by atoms with Gasteiger partial charge in [0.25, 0.3) is 0 Å². The number of methoxy groups -OCH3 is 1. The number of carboxylic acids is 1. The van der Waals surface area contributed by atoms with Gasteiger partial charge < -0.3 is 9.84 Å². The van der Waals surface area contributed by atoms with Gasteiger partial charge in [-0.3, -0.25) is 4.79 Å². The lowest BCUT2D eigenvalue weighted by Crippen LogP contribution is -2.30. The Hall–Kier alpha value is -1.32.